The number of hydrogen-bond donors (Lipinski definition) is 1. The average Bonchev–Trinajstić information content (AvgIpc) is 2.33. The molecule has 0 unspecified atom stereocenters. The number of alkyl halides is 3. The molecule has 0 aliphatic carbocycles. The molecule has 0 aliphatic heterocycles. The van der Waals surface area contributed by atoms with Crippen LogP contribution in [0.4, 0.5) is 18.9 Å². The third-order valence-electron chi connectivity index (χ3n) is 2.29. The van der Waals surface area contributed by atoms with Crippen LogP contribution in [-0.4, -0.2) is 4.98 Å². The van der Waals surface area contributed by atoms with Crippen LogP contribution in [0.3, 0.4) is 0 Å². The quantitative estimate of drug-likeness (QED) is 0.837. The molecule has 0 fully saturated rings. The second kappa shape index (κ2) is 5.08. The van der Waals surface area contributed by atoms with Crippen LogP contribution in [0.1, 0.15) is 5.56 Å². The molecule has 2 N–H and O–H groups in total. The highest BCUT2D eigenvalue weighted by molar-refractivity contribution is 9.10. The van der Waals surface area contributed by atoms with Gasteiger partial charge in [0.1, 0.15) is 11.5 Å². The van der Waals surface area contributed by atoms with Crippen molar-refractivity contribution in [2.45, 2.75) is 6.18 Å². The maximum absolute atomic E-state index is 12.5. The second-order valence-corrected chi connectivity index (χ2v) is 4.51. The molecule has 1 aromatic carbocycles. The minimum Gasteiger partial charge on any atom is -0.454 e. The Morgan fingerprint density at radius 3 is 2.47 bits per heavy atom. The van der Waals surface area contributed by atoms with Gasteiger partial charge in [0.25, 0.3) is 0 Å². The predicted octanol–water partition coefficient (Wildman–Crippen LogP) is 4.24. The van der Waals surface area contributed by atoms with Gasteiger partial charge in [0.05, 0.1) is 15.7 Å². The van der Waals surface area contributed by atoms with Crippen molar-refractivity contribution in [3.05, 3.63) is 46.7 Å². The Morgan fingerprint density at radius 2 is 1.89 bits per heavy atom. The van der Waals surface area contributed by atoms with Crippen molar-refractivity contribution < 1.29 is 17.9 Å². The number of nitrogens with two attached hydrogens (primary N) is 1. The van der Waals surface area contributed by atoms with E-state index in [4.69, 9.17) is 10.5 Å². The Balaban J connectivity index is 2.30. The Kier molecular flexibility index (Phi) is 3.66. The van der Waals surface area contributed by atoms with Crippen LogP contribution < -0.4 is 10.5 Å². The van der Waals surface area contributed by atoms with Crippen LogP contribution in [-0.2, 0) is 6.18 Å². The van der Waals surface area contributed by atoms with Crippen LogP contribution >= 0.6 is 15.9 Å². The molecule has 0 saturated carbocycles. The van der Waals surface area contributed by atoms with Crippen molar-refractivity contribution in [2.75, 3.05) is 5.73 Å². The van der Waals surface area contributed by atoms with Gasteiger partial charge in [-0.3, -0.25) is 4.98 Å². The number of ether oxygens (including phenoxy) is 1. The SMILES string of the molecule is Nc1cc(C(F)(F)F)ccc1Oc1ccncc1Br. The van der Waals surface area contributed by atoms with Crippen molar-refractivity contribution in [3.63, 3.8) is 0 Å². The molecule has 0 amide bonds. The number of rotatable bonds is 2. The minimum atomic E-state index is -4.43. The summed E-state index contributed by atoms with van der Waals surface area (Å²) in [6.45, 7) is 0. The zero-order valence-electron chi connectivity index (χ0n) is 9.41. The molecule has 1 aromatic heterocycles. The van der Waals surface area contributed by atoms with Crippen LogP contribution in [0.2, 0.25) is 0 Å². The highest BCUT2D eigenvalue weighted by Gasteiger charge is 2.31. The van der Waals surface area contributed by atoms with E-state index >= 15 is 0 Å². The lowest BCUT2D eigenvalue weighted by atomic mass is 10.2. The molecule has 0 bridgehead atoms. The molecule has 7 heteroatoms. The average molecular weight is 333 g/mol. The molecule has 0 atom stereocenters. The van der Waals surface area contributed by atoms with Crippen LogP contribution in [0.25, 0.3) is 0 Å². The summed E-state index contributed by atoms with van der Waals surface area (Å²) in [7, 11) is 0. The highest BCUT2D eigenvalue weighted by Crippen LogP contribution is 2.36. The smallest absolute Gasteiger partial charge is 0.416 e. The number of aromatic nitrogens is 1. The number of anilines is 1. The lowest BCUT2D eigenvalue weighted by molar-refractivity contribution is -0.137. The Hall–Kier alpha value is -1.76. The molecule has 1 heterocycles. The molecule has 100 valence electrons. The van der Waals surface area contributed by atoms with Crippen molar-refractivity contribution >= 4 is 21.6 Å². The third-order valence-corrected chi connectivity index (χ3v) is 2.89. The van der Waals surface area contributed by atoms with Crippen molar-refractivity contribution in [2.24, 2.45) is 0 Å². The fourth-order valence-electron chi connectivity index (χ4n) is 1.38. The van der Waals surface area contributed by atoms with Crippen LogP contribution in [0.5, 0.6) is 11.5 Å². The summed E-state index contributed by atoms with van der Waals surface area (Å²) in [5, 5.41) is 0. The summed E-state index contributed by atoms with van der Waals surface area (Å²) in [6.07, 6.45) is -1.42. The molecule has 2 aromatic rings. The molecule has 0 radical (unpaired) electrons. The number of halogens is 4. The van der Waals surface area contributed by atoms with Gasteiger partial charge in [-0.25, -0.2) is 0 Å². The van der Waals surface area contributed by atoms with E-state index in [1.807, 2.05) is 0 Å². The normalized spacial score (nSPS) is 11.4. The Labute approximate surface area is 115 Å². The van der Waals surface area contributed by atoms with Gasteiger partial charge in [-0.2, -0.15) is 13.2 Å². The summed E-state index contributed by atoms with van der Waals surface area (Å²) < 4.78 is 43.4. The van der Waals surface area contributed by atoms with E-state index in [1.165, 1.54) is 18.5 Å². The molecule has 3 nitrogen and oxygen atoms in total. The first-order valence-electron chi connectivity index (χ1n) is 5.12. The molecule has 2 rings (SSSR count). The standard InChI is InChI=1S/C12H8BrF3N2O/c13-8-6-18-4-3-10(8)19-11-2-1-7(5-9(11)17)12(14,15)16/h1-6H,17H2. The molecule has 19 heavy (non-hydrogen) atoms. The molecular weight excluding hydrogens is 325 g/mol. The van der Waals surface area contributed by atoms with Gasteiger partial charge < -0.3 is 10.5 Å². The molecule has 0 aliphatic rings. The zero-order chi connectivity index (χ0) is 14.0. The summed E-state index contributed by atoms with van der Waals surface area (Å²) >= 11 is 3.22. The van der Waals surface area contributed by atoms with E-state index in [2.05, 4.69) is 20.9 Å². The number of nitrogens with zero attached hydrogens (tertiary/aromatic N) is 1. The number of nitrogen functional groups attached to an aromatic ring is 1. The summed E-state index contributed by atoms with van der Waals surface area (Å²) in [6, 6.07) is 4.51. The van der Waals surface area contributed by atoms with Gasteiger partial charge in [0.2, 0.25) is 0 Å². The molecular formula is C12H8BrF3N2O. The molecule has 0 spiro atoms. The molecule has 0 saturated heterocycles. The van der Waals surface area contributed by atoms with E-state index in [0.29, 0.717) is 10.2 Å². The number of benzene rings is 1. The Bertz CT molecular complexity index is 602. The van der Waals surface area contributed by atoms with Gasteiger partial charge in [-0.05, 0) is 34.1 Å². The minimum absolute atomic E-state index is 0.0847. The summed E-state index contributed by atoms with van der Waals surface area (Å²) in [4.78, 5) is 3.85. The number of hydrogen-bond acceptors (Lipinski definition) is 3. The van der Waals surface area contributed by atoms with E-state index in [0.717, 1.165) is 12.1 Å². The van der Waals surface area contributed by atoms with E-state index in [1.54, 1.807) is 6.07 Å². The van der Waals surface area contributed by atoms with Gasteiger partial charge in [-0.15, -0.1) is 0 Å². The van der Waals surface area contributed by atoms with Gasteiger partial charge in [-0.1, -0.05) is 0 Å². The lowest BCUT2D eigenvalue weighted by Gasteiger charge is -2.12. The van der Waals surface area contributed by atoms with Gasteiger partial charge in [0, 0.05) is 18.5 Å². The van der Waals surface area contributed by atoms with Gasteiger partial charge in [0.15, 0.2) is 0 Å². The van der Waals surface area contributed by atoms with Gasteiger partial charge >= 0.3 is 6.18 Å². The third kappa shape index (κ3) is 3.17. The van der Waals surface area contributed by atoms with E-state index in [9.17, 15) is 13.2 Å². The summed E-state index contributed by atoms with van der Waals surface area (Å²) in [5.74, 6) is 0.571. The largest absolute Gasteiger partial charge is 0.454 e. The maximum atomic E-state index is 12.5. The van der Waals surface area contributed by atoms with Crippen molar-refractivity contribution in [3.8, 4) is 11.5 Å². The topological polar surface area (TPSA) is 48.1 Å². The van der Waals surface area contributed by atoms with Crippen LogP contribution in [0.15, 0.2) is 41.1 Å². The van der Waals surface area contributed by atoms with Crippen molar-refractivity contribution in [1.29, 1.82) is 0 Å². The highest BCUT2D eigenvalue weighted by atomic mass is 79.9. The fourth-order valence-corrected chi connectivity index (χ4v) is 1.71. The van der Waals surface area contributed by atoms with E-state index < -0.39 is 11.7 Å². The first-order chi connectivity index (χ1) is 8.88. The van der Waals surface area contributed by atoms with Crippen molar-refractivity contribution in [1.82, 2.24) is 4.98 Å². The fraction of sp³-hybridized carbons (Fsp3) is 0.0833. The monoisotopic (exact) mass is 332 g/mol. The van der Waals surface area contributed by atoms with E-state index in [-0.39, 0.29) is 11.4 Å². The van der Waals surface area contributed by atoms with Crippen LogP contribution in [0, 0.1) is 0 Å². The predicted molar refractivity (Wildman–Crippen MR) is 67.9 cm³/mol. The maximum Gasteiger partial charge on any atom is 0.416 e. The second-order valence-electron chi connectivity index (χ2n) is 3.66. The summed E-state index contributed by atoms with van der Waals surface area (Å²) in [5.41, 5.74) is 4.66. The Morgan fingerprint density at radius 1 is 1.16 bits per heavy atom. The first-order valence-corrected chi connectivity index (χ1v) is 5.91. The first kappa shape index (κ1) is 13.7. The lowest BCUT2D eigenvalue weighted by Crippen LogP contribution is -2.06. The zero-order valence-corrected chi connectivity index (χ0v) is 11.0. The number of pyridine rings is 1.